The van der Waals surface area contributed by atoms with E-state index in [0.29, 0.717) is 6.61 Å². The molecule has 78 valence electrons. The summed E-state index contributed by atoms with van der Waals surface area (Å²) in [7, 11) is 0. The molecule has 0 aliphatic carbocycles. The second-order valence-electron chi connectivity index (χ2n) is 3.81. The zero-order valence-electron chi connectivity index (χ0n) is 8.73. The first-order valence-corrected chi connectivity index (χ1v) is 5.90. The Kier molecular flexibility index (Phi) is 6.39. The summed E-state index contributed by atoms with van der Waals surface area (Å²) >= 11 is 3.35. The number of hydrogen-bond acceptors (Lipinski definition) is 2. The van der Waals surface area contributed by atoms with Crippen LogP contribution in [0.1, 0.15) is 40.0 Å². The van der Waals surface area contributed by atoms with E-state index in [4.69, 9.17) is 4.74 Å². The minimum Gasteiger partial charge on any atom is -0.465 e. The molecular weight excluding hydrogens is 232 g/mol. The smallest absolute Gasteiger partial charge is 0.311 e. The molecule has 0 saturated carbocycles. The summed E-state index contributed by atoms with van der Waals surface area (Å²) in [5, 5.41) is 0.942. The van der Waals surface area contributed by atoms with E-state index in [-0.39, 0.29) is 11.4 Å². The zero-order valence-corrected chi connectivity index (χ0v) is 10.3. The normalized spacial score (nSPS) is 11.4. The third-order valence-corrected chi connectivity index (χ3v) is 2.49. The molecule has 0 aromatic rings. The Morgan fingerprint density at radius 3 is 2.54 bits per heavy atom. The average Bonchev–Trinajstić information content (AvgIpc) is 2.10. The minimum atomic E-state index is -0.330. The number of ether oxygens (including phenoxy) is 1. The van der Waals surface area contributed by atoms with Crippen LogP contribution in [-0.2, 0) is 9.53 Å². The number of alkyl halides is 1. The van der Waals surface area contributed by atoms with Crippen LogP contribution in [0.3, 0.4) is 0 Å². The van der Waals surface area contributed by atoms with Gasteiger partial charge in [-0.2, -0.15) is 0 Å². The van der Waals surface area contributed by atoms with Crippen molar-refractivity contribution < 1.29 is 9.53 Å². The maximum atomic E-state index is 11.5. The van der Waals surface area contributed by atoms with Crippen molar-refractivity contribution in [2.75, 3.05) is 11.9 Å². The molecule has 0 rings (SSSR count). The van der Waals surface area contributed by atoms with Gasteiger partial charge >= 0.3 is 5.97 Å². The van der Waals surface area contributed by atoms with Crippen molar-refractivity contribution in [3.63, 3.8) is 0 Å². The van der Waals surface area contributed by atoms with E-state index in [1.165, 1.54) is 0 Å². The molecular formula is C10H19BrO2. The average molecular weight is 251 g/mol. The van der Waals surface area contributed by atoms with Crippen molar-refractivity contribution >= 4 is 21.9 Å². The number of hydrogen-bond donors (Lipinski definition) is 0. The van der Waals surface area contributed by atoms with E-state index in [2.05, 4.69) is 15.9 Å². The fourth-order valence-corrected chi connectivity index (χ4v) is 1.28. The third kappa shape index (κ3) is 5.29. The summed E-state index contributed by atoms with van der Waals surface area (Å²) in [5.74, 6) is -0.0738. The molecule has 0 fully saturated rings. The number of esters is 1. The highest BCUT2D eigenvalue weighted by Crippen LogP contribution is 2.24. The van der Waals surface area contributed by atoms with Gasteiger partial charge in [0, 0.05) is 5.33 Å². The molecule has 0 radical (unpaired) electrons. The second-order valence-corrected chi connectivity index (χ2v) is 4.61. The summed E-state index contributed by atoms with van der Waals surface area (Å²) in [5.41, 5.74) is -0.330. The molecule has 0 atom stereocenters. The predicted octanol–water partition coefficient (Wildman–Crippen LogP) is 3.14. The van der Waals surface area contributed by atoms with E-state index >= 15 is 0 Å². The quantitative estimate of drug-likeness (QED) is 0.535. The molecule has 0 unspecified atom stereocenters. The van der Waals surface area contributed by atoms with Crippen molar-refractivity contribution in [2.24, 2.45) is 5.41 Å². The van der Waals surface area contributed by atoms with Gasteiger partial charge in [0.15, 0.2) is 0 Å². The maximum Gasteiger partial charge on any atom is 0.311 e. The van der Waals surface area contributed by atoms with E-state index in [9.17, 15) is 4.79 Å². The van der Waals surface area contributed by atoms with Crippen LogP contribution >= 0.6 is 15.9 Å². The number of halogens is 1. The third-order valence-electron chi connectivity index (χ3n) is 1.93. The van der Waals surface area contributed by atoms with Crippen LogP contribution in [0.5, 0.6) is 0 Å². The Balaban J connectivity index is 3.87. The SMILES string of the molecule is CCCOC(=O)C(C)(C)CCCBr. The molecule has 0 aliphatic rings. The van der Waals surface area contributed by atoms with Crippen LogP contribution in [0.4, 0.5) is 0 Å². The van der Waals surface area contributed by atoms with Crippen molar-refractivity contribution in [1.29, 1.82) is 0 Å². The van der Waals surface area contributed by atoms with E-state index in [1.807, 2.05) is 20.8 Å². The van der Waals surface area contributed by atoms with Gasteiger partial charge < -0.3 is 4.74 Å². The molecule has 0 aromatic carbocycles. The summed E-state index contributed by atoms with van der Waals surface area (Å²) in [6.45, 7) is 6.41. The lowest BCUT2D eigenvalue weighted by atomic mass is 9.88. The standard InChI is InChI=1S/C10H19BrO2/c1-4-8-13-9(12)10(2,3)6-5-7-11/h4-8H2,1-3H3. The Bertz CT molecular complexity index is 155. The minimum absolute atomic E-state index is 0.0738. The highest BCUT2D eigenvalue weighted by molar-refractivity contribution is 9.09. The molecule has 3 heteroatoms. The zero-order chi connectivity index (χ0) is 10.3. The second kappa shape index (κ2) is 6.41. The van der Waals surface area contributed by atoms with Gasteiger partial charge in [0.25, 0.3) is 0 Å². The molecule has 0 N–H and O–H groups in total. The maximum absolute atomic E-state index is 11.5. The number of rotatable bonds is 6. The molecule has 0 bridgehead atoms. The summed E-state index contributed by atoms with van der Waals surface area (Å²) in [4.78, 5) is 11.5. The van der Waals surface area contributed by atoms with Crippen LogP contribution in [0.25, 0.3) is 0 Å². The van der Waals surface area contributed by atoms with Crippen LogP contribution in [0.2, 0.25) is 0 Å². The van der Waals surface area contributed by atoms with Crippen molar-refractivity contribution in [3.05, 3.63) is 0 Å². The largest absolute Gasteiger partial charge is 0.465 e. The lowest BCUT2D eigenvalue weighted by Gasteiger charge is -2.21. The van der Waals surface area contributed by atoms with Gasteiger partial charge in [-0.25, -0.2) is 0 Å². The van der Waals surface area contributed by atoms with E-state index < -0.39 is 0 Å². The molecule has 0 saturated heterocycles. The van der Waals surface area contributed by atoms with Gasteiger partial charge in [-0.15, -0.1) is 0 Å². The van der Waals surface area contributed by atoms with Gasteiger partial charge in [0.05, 0.1) is 12.0 Å². The molecule has 0 amide bonds. The fourth-order valence-electron chi connectivity index (χ4n) is 1.00. The van der Waals surface area contributed by atoms with Crippen LogP contribution in [-0.4, -0.2) is 17.9 Å². The molecule has 0 aliphatic heterocycles. The van der Waals surface area contributed by atoms with Crippen LogP contribution in [0, 0.1) is 5.41 Å². The molecule has 0 spiro atoms. The van der Waals surface area contributed by atoms with Gasteiger partial charge in [-0.05, 0) is 33.1 Å². The first kappa shape index (κ1) is 12.9. The Morgan fingerprint density at radius 2 is 2.08 bits per heavy atom. The number of carbonyl (C=O) groups excluding carboxylic acids is 1. The first-order chi connectivity index (χ1) is 6.04. The van der Waals surface area contributed by atoms with Gasteiger partial charge in [0.2, 0.25) is 0 Å². The Hall–Kier alpha value is -0.0500. The Morgan fingerprint density at radius 1 is 1.46 bits per heavy atom. The van der Waals surface area contributed by atoms with Crippen LogP contribution < -0.4 is 0 Å². The first-order valence-electron chi connectivity index (χ1n) is 4.77. The number of carbonyl (C=O) groups is 1. The van der Waals surface area contributed by atoms with Crippen molar-refractivity contribution in [1.82, 2.24) is 0 Å². The highest BCUT2D eigenvalue weighted by atomic mass is 79.9. The monoisotopic (exact) mass is 250 g/mol. The van der Waals surface area contributed by atoms with Crippen LogP contribution in [0.15, 0.2) is 0 Å². The highest BCUT2D eigenvalue weighted by Gasteiger charge is 2.28. The molecule has 0 heterocycles. The lowest BCUT2D eigenvalue weighted by molar-refractivity contribution is -0.154. The summed E-state index contributed by atoms with van der Waals surface area (Å²) in [6.07, 6.45) is 2.77. The molecule has 2 nitrogen and oxygen atoms in total. The summed E-state index contributed by atoms with van der Waals surface area (Å²) < 4.78 is 5.10. The fraction of sp³-hybridized carbons (Fsp3) is 0.900. The molecule has 0 aromatic heterocycles. The Labute approximate surface area is 89.2 Å². The van der Waals surface area contributed by atoms with Crippen molar-refractivity contribution in [3.8, 4) is 0 Å². The topological polar surface area (TPSA) is 26.3 Å². The van der Waals surface area contributed by atoms with Gasteiger partial charge in [-0.3, -0.25) is 4.79 Å². The summed E-state index contributed by atoms with van der Waals surface area (Å²) in [6, 6.07) is 0. The van der Waals surface area contributed by atoms with E-state index in [0.717, 1.165) is 24.6 Å². The predicted molar refractivity (Wildman–Crippen MR) is 58.1 cm³/mol. The lowest BCUT2D eigenvalue weighted by Crippen LogP contribution is -2.27. The van der Waals surface area contributed by atoms with Gasteiger partial charge in [0.1, 0.15) is 0 Å². The van der Waals surface area contributed by atoms with E-state index in [1.54, 1.807) is 0 Å². The van der Waals surface area contributed by atoms with Gasteiger partial charge in [-0.1, -0.05) is 22.9 Å². The van der Waals surface area contributed by atoms with Crippen molar-refractivity contribution in [2.45, 2.75) is 40.0 Å². The molecule has 13 heavy (non-hydrogen) atoms.